The van der Waals surface area contributed by atoms with Gasteiger partial charge in [-0.2, -0.15) is 0 Å². The summed E-state index contributed by atoms with van der Waals surface area (Å²) in [5.41, 5.74) is 0.848. The molecule has 26 heavy (non-hydrogen) atoms. The van der Waals surface area contributed by atoms with Gasteiger partial charge in [0.1, 0.15) is 17.4 Å². The van der Waals surface area contributed by atoms with E-state index in [0.29, 0.717) is 11.6 Å². The van der Waals surface area contributed by atoms with Crippen LogP contribution in [0.15, 0.2) is 59.6 Å². The number of hydrogen-bond donors (Lipinski definition) is 1. The van der Waals surface area contributed by atoms with Crippen molar-refractivity contribution in [2.24, 2.45) is 0 Å². The quantitative estimate of drug-likeness (QED) is 0.508. The van der Waals surface area contributed by atoms with Gasteiger partial charge in [0, 0.05) is 11.4 Å². The van der Waals surface area contributed by atoms with E-state index in [1.54, 1.807) is 0 Å². The van der Waals surface area contributed by atoms with Gasteiger partial charge < -0.3 is 10.1 Å². The van der Waals surface area contributed by atoms with Gasteiger partial charge in [0.05, 0.1) is 11.3 Å². The van der Waals surface area contributed by atoms with Gasteiger partial charge in [-0.1, -0.05) is 48.2 Å². The fourth-order valence-electron chi connectivity index (χ4n) is 2.43. The Kier molecular flexibility index (Phi) is 6.07. The van der Waals surface area contributed by atoms with Crippen molar-refractivity contribution < 1.29 is 9.53 Å². The molecule has 1 N–H and O–H groups in total. The Hall–Kier alpha value is -2.60. The van der Waals surface area contributed by atoms with E-state index in [4.69, 9.17) is 4.74 Å². The van der Waals surface area contributed by atoms with Gasteiger partial charge in [0.15, 0.2) is 5.82 Å². The highest BCUT2D eigenvalue weighted by molar-refractivity contribution is 8.00. The Bertz CT molecular complexity index is 885. The lowest BCUT2D eigenvalue weighted by Gasteiger charge is -2.11. The van der Waals surface area contributed by atoms with Gasteiger partial charge in [-0.25, -0.2) is 9.97 Å². The maximum atomic E-state index is 12.0. The third-order valence-electron chi connectivity index (χ3n) is 3.52. The van der Waals surface area contributed by atoms with Crippen LogP contribution in [0.4, 0.5) is 0 Å². The van der Waals surface area contributed by atoms with Gasteiger partial charge in [-0.15, -0.1) is 0 Å². The third kappa shape index (κ3) is 4.95. The second kappa shape index (κ2) is 8.67. The second-order valence-corrected chi connectivity index (χ2v) is 7.04. The molecule has 0 bridgehead atoms. The number of fused-ring (bicyclic) bond motifs is 1. The van der Waals surface area contributed by atoms with Crippen LogP contribution in [0.2, 0.25) is 0 Å². The lowest BCUT2D eigenvalue weighted by Crippen LogP contribution is -2.31. The van der Waals surface area contributed by atoms with E-state index >= 15 is 0 Å². The lowest BCUT2D eigenvalue weighted by atomic mass is 10.2. The Morgan fingerprint density at radius 1 is 1.08 bits per heavy atom. The molecule has 0 saturated carbocycles. The van der Waals surface area contributed by atoms with E-state index in [1.165, 1.54) is 11.8 Å². The van der Waals surface area contributed by atoms with Crippen LogP contribution >= 0.6 is 11.8 Å². The molecule has 1 amide bonds. The normalized spacial score (nSPS) is 10.9. The molecule has 0 aliphatic heterocycles. The van der Waals surface area contributed by atoms with Gasteiger partial charge in [0.2, 0.25) is 5.91 Å². The van der Waals surface area contributed by atoms with Crippen LogP contribution in [0.5, 0.6) is 5.75 Å². The predicted molar refractivity (Wildman–Crippen MR) is 104 cm³/mol. The molecule has 0 aliphatic rings. The summed E-state index contributed by atoms with van der Waals surface area (Å²) < 4.78 is 5.76. The number of nitrogens with zero attached hydrogens (tertiary/aromatic N) is 2. The number of rotatable bonds is 7. The maximum Gasteiger partial charge on any atom is 0.230 e. The summed E-state index contributed by atoms with van der Waals surface area (Å²) in [6.45, 7) is 4.17. The molecule has 2 aromatic carbocycles. The van der Waals surface area contributed by atoms with Crippen LogP contribution in [-0.4, -0.2) is 27.7 Å². The average molecular weight is 367 g/mol. The number of hydrogen-bond acceptors (Lipinski definition) is 5. The highest BCUT2D eigenvalue weighted by Crippen LogP contribution is 2.25. The van der Waals surface area contributed by atoms with Crippen LogP contribution < -0.4 is 10.1 Å². The summed E-state index contributed by atoms with van der Waals surface area (Å²) in [4.78, 5) is 21.1. The molecule has 0 fully saturated rings. The van der Waals surface area contributed by atoms with Crippen molar-refractivity contribution in [1.82, 2.24) is 15.3 Å². The fourth-order valence-corrected chi connectivity index (χ4v) is 3.28. The molecular weight excluding hydrogens is 346 g/mol. The first-order valence-corrected chi connectivity index (χ1v) is 9.46. The molecule has 0 radical (unpaired) electrons. The highest BCUT2D eigenvalue weighted by Gasteiger charge is 2.11. The summed E-state index contributed by atoms with van der Waals surface area (Å²) in [6, 6.07) is 17.5. The largest absolute Gasteiger partial charge is 0.486 e. The zero-order valence-electron chi connectivity index (χ0n) is 14.8. The molecule has 0 atom stereocenters. The summed E-state index contributed by atoms with van der Waals surface area (Å²) in [5, 5.41) is 4.63. The molecule has 0 spiro atoms. The van der Waals surface area contributed by atoms with Crippen LogP contribution in [-0.2, 0) is 11.4 Å². The topological polar surface area (TPSA) is 64.1 Å². The summed E-state index contributed by atoms with van der Waals surface area (Å²) >= 11 is 1.42. The van der Waals surface area contributed by atoms with Crippen molar-refractivity contribution in [3.8, 4) is 5.75 Å². The second-order valence-electron chi connectivity index (χ2n) is 6.07. The van der Waals surface area contributed by atoms with Crippen molar-refractivity contribution in [2.45, 2.75) is 31.5 Å². The van der Waals surface area contributed by atoms with Crippen LogP contribution in [0.1, 0.15) is 19.7 Å². The third-order valence-corrected chi connectivity index (χ3v) is 4.51. The molecule has 0 saturated heterocycles. The highest BCUT2D eigenvalue weighted by atomic mass is 32.2. The first kappa shape index (κ1) is 18.2. The number of carbonyl (C=O) groups is 1. The van der Waals surface area contributed by atoms with Crippen molar-refractivity contribution in [1.29, 1.82) is 0 Å². The molecule has 6 heteroatoms. The van der Waals surface area contributed by atoms with E-state index in [2.05, 4.69) is 15.3 Å². The fraction of sp³-hybridized carbons (Fsp3) is 0.250. The number of ether oxygens (including phenoxy) is 1. The molecule has 3 rings (SSSR count). The molecule has 0 aliphatic carbocycles. The number of carbonyl (C=O) groups excluding carboxylic acids is 1. The number of thioether (sulfide) groups is 1. The van der Waals surface area contributed by atoms with E-state index in [0.717, 1.165) is 21.7 Å². The van der Waals surface area contributed by atoms with Crippen molar-refractivity contribution in [3.63, 3.8) is 0 Å². The monoisotopic (exact) mass is 367 g/mol. The van der Waals surface area contributed by atoms with Gasteiger partial charge in [-0.3, -0.25) is 4.79 Å². The number of benzene rings is 2. The Labute approximate surface area is 157 Å². The number of nitrogens with one attached hydrogen (secondary N) is 1. The van der Waals surface area contributed by atoms with Crippen molar-refractivity contribution in [3.05, 3.63) is 60.4 Å². The average Bonchev–Trinajstić information content (AvgIpc) is 2.64. The minimum absolute atomic E-state index is 0.00483. The van der Waals surface area contributed by atoms with Crippen molar-refractivity contribution in [2.75, 3.05) is 5.75 Å². The first-order chi connectivity index (χ1) is 12.6. The number of aromatic nitrogens is 2. The summed E-state index contributed by atoms with van der Waals surface area (Å²) in [6.07, 6.45) is 0. The zero-order chi connectivity index (χ0) is 18.4. The standard InChI is InChI=1S/C20H21N3O2S/c1-14(2)21-19(24)13-26-20-16-10-6-7-11-17(16)22-18(23-20)12-25-15-8-4-3-5-9-15/h3-11,14H,12-13H2,1-2H3,(H,21,24). The number of para-hydroxylation sites is 2. The molecule has 134 valence electrons. The number of amides is 1. The Balaban J connectivity index is 1.78. The smallest absolute Gasteiger partial charge is 0.230 e. The van der Waals surface area contributed by atoms with Crippen LogP contribution in [0, 0.1) is 0 Å². The van der Waals surface area contributed by atoms with Gasteiger partial charge >= 0.3 is 0 Å². The van der Waals surface area contributed by atoms with E-state index < -0.39 is 0 Å². The predicted octanol–water partition coefficient (Wildman–Crippen LogP) is 3.83. The SMILES string of the molecule is CC(C)NC(=O)CSc1nc(COc2ccccc2)nc2ccccc12. The van der Waals surface area contributed by atoms with Crippen LogP contribution in [0.3, 0.4) is 0 Å². The minimum Gasteiger partial charge on any atom is -0.486 e. The molecule has 1 heterocycles. The van der Waals surface area contributed by atoms with Crippen LogP contribution in [0.25, 0.3) is 10.9 Å². The summed E-state index contributed by atoms with van der Waals surface area (Å²) in [5.74, 6) is 1.68. The van der Waals surface area contributed by atoms with E-state index in [9.17, 15) is 4.79 Å². The van der Waals surface area contributed by atoms with Gasteiger partial charge in [0.25, 0.3) is 0 Å². The lowest BCUT2D eigenvalue weighted by molar-refractivity contribution is -0.119. The minimum atomic E-state index is -0.00483. The molecule has 5 nitrogen and oxygen atoms in total. The zero-order valence-corrected chi connectivity index (χ0v) is 15.6. The van der Waals surface area contributed by atoms with E-state index in [1.807, 2.05) is 68.4 Å². The molecule has 0 unspecified atom stereocenters. The van der Waals surface area contributed by atoms with E-state index in [-0.39, 0.29) is 18.6 Å². The molecule has 1 aromatic heterocycles. The maximum absolute atomic E-state index is 12.0. The molecule has 3 aromatic rings. The van der Waals surface area contributed by atoms with Gasteiger partial charge in [-0.05, 0) is 32.0 Å². The Morgan fingerprint density at radius 3 is 2.58 bits per heavy atom. The van der Waals surface area contributed by atoms with Crippen molar-refractivity contribution >= 4 is 28.6 Å². The molecular formula is C20H21N3O2S. The first-order valence-electron chi connectivity index (χ1n) is 8.47. The Morgan fingerprint density at radius 2 is 1.81 bits per heavy atom. The summed E-state index contributed by atoms with van der Waals surface area (Å²) in [7, 11) is 0.